The summed E-state index contributed by atoms with van der Waals surface area (Å²) in [6, 6.07) is 4.63. The van der Waals surface area contributed by atoms with Crippen molar-refractivity contribution >= 4 is 11.6 Å². The van der Waals surface area contributed by atoms with Crippen LogP contribution in [0.3, 0.4) is 0 Å². The molecule has 0 atom stereocenters. The number of ether oxygens (including phenoxy) is 1. The van der Waals surface area contributed by atoms with Crippen molar-refractivity contribution in [2.45, 2.75) is 40.9 Å². The number of halogens is 2. The van der Waals surface area contributed by atoms with Gasteiger partial charge in [0.15, 0.2) is 0 Å². The Bertz CT molecular complexity index is 726. The van der Waals surface area contributed by atoms with E-state index in [-0.39, 0.29) is 11.4 Å². The molecule has 1 amide bonds. The molecule has 1 aromatic carbocycles. The first-order valence-corrected chi connectivity index (χ1v) is 7.24. The van der Waals surface area contributed by atoms with Crippen LogP contribution in [0, 0.1) is 20.8 Å². The highest BCUT2D eigenvalue weighted by atomic mass is 19.3. The lowest BCUT2D eigenvalue weighted by Gasteiger charge is -2.13. The second-order valence-electron chi connectivity index (χ2n) is 5.19. The molecule has 0 aliphatic carbocycles. The summed E-state index contributed by atoms with van der Waals surface area (Å²) in [4.78, 5) is 12.5. The smallest absolute Gasteiger partial charge is 0.387 e. The highest BCUT2D eigenvalue weighted by Gasteiger charge is 2.20. The SMILES string of the molecule is CCn1nc(C)c(C(=O)Nc2cc(C)ccc2OC(F)F)c1C. The second kappa shape index (κ2) is 6.76. The van der Waals surface area contributed by atoms with Gasteiger partial charge < -0.3 is 10.1 Å². The molecule has 0 bridgehead atoms. The number of anilines is 1. The zero-order chi connectivity index (χ0) is 17.1. The minimum atomic E-state index is -2.96. The Hall–Kier alpha value is -2.44. The molecule has 0 radical (unpaired) electrons. The lowest BCUT2D eigenvalue weighted by atomic mass is 10.1. The van der Waals surface area contributed by atoms with Crippen LogP contribution in [-0.4, -0.2) is 22.3 Å². The Balaban J connectivity index is 2.34. The molecule has 0 aliphatic rings. The summed E-state index contributed by atoms with van der Waals surface area (Å²) in [5, 5.41) is 6.93. The predicted octanol–water partition coefficient (Wildman–Crippen LogP) is 3.68. The summed E-state index contributed by atoms with van der Waals surface area (Å²) in [5.74, 6) is -0.471. The van der Waals surface area contributed by atoms with Gasteiger partial charge in [-0.25, -0.2) is 0 Å². The third-order valence-electron chi connectivity index (χ3n) is 3.51. The lowest BCUT2D eigenvalue weighted by Crippen LogP contribution is -2.16. The molecule has 2 aromatic rings. The number of amides is 1. The molecule has 0 saturated heterocycles. The van der Waals surface area contributed by atoms with Crippen LogP contribution in [0.2, 0.25) is 0 Å². The van der Waals surface area contributed by atoms with Gasteiger partial charge >= 0.3 is 6.61 Å². The normalized spacial score (nSPS) is 10.9. The van der Waals surface area contributed by atoms with Crippen LogP contribution >= 0.6 is 0 Å². The first-order chi connectivity index (χ1) is 10.8. The van der Waals surface area contributed by atoms with E-state index in [0.29, 0.717) is 17.8 Å². The quantitative estimate of drug-likeness (QED) is 0.913. The number of rotatable bonds is 5. The predicted molar refractivity (Wildman–Crippen MR) is 83.1 cm³/mol. The van der Waals surface area contributed by atoms with E-state index in [4.69, 9.17) is 0 Å². The van der Waals surface area contributed by atoms with Crippen LogP contribution in [0.4, 0.5) is 14.5 Å². The number of hydrogen-bond acceptors (Lipinski definition) is 3. The molecule has 1 N–H and O–H groups in total. The Labute approximate surface area is 133 Å². The van der Waals surface area contributed by atoms with Crippen LogP contribution < -0.4 is 10.1 Å². The van der Waals surface area contributed by atoms with Crippen LogP contribution in [-0.2, 0) is 6.54 Å². The second-order valence-corrected chi connectivity index (χ2v) is 5.19. The Morgan fingerprint density at radius 1 is 1.35 bits per heavy atom. The summed E-state index contributed by atoms with van der Waals surface area (Å²) in [6.07, 6.45) is 0. The molecule has 23 heavy (non-hydrogen) atoms. The highest BCUT2D eigenvalue weighted by Crippen LogP contribution is 2.28. The van der Waals surface area contributed by atoms with E-state index >= 15 is 0 Å². The van der Waals surface area contributed by atoms with Gasteiger partial charge in [0, 0.05) is 12.2 Å². The van der Waals surface area contributed by atoms with E-state index in [2.05, 4.69) is 15.2 Å². The molecule has 7 heteroatoms. The minimum Gasteiger partial charge on any atom is -0.433 e. The summed E-state index contributed by atoms with van der Waals surface area (Å²) in [7, 11) is 0. The van der Waals surface area contributed by atoms with E-state index in [9.17, 15) is 13.6 Å². The Morgan fingerprint density at radius 3 is 2.61 bits per heavy atom. The van der Waals surface area contributed by atoms with Gasteiger partial charge in [0.1, 0.15) is 5.75 Å². The van der Waals surface area contributed by atoms with Crippen molar-refractivity contribution in [1.29, 1.82) is 0 Å². The number of nitrogens with zero attached hydrogens (tertiary/aromatic N) is 2. The summed E-state index contributed by atoms with van der Waals surface area (Å²) in [5.41, 5.74) is 2.78. The van der Waals surface area contributed by atoms with Crippen molar-refractivity contribution in [2.24, 2.45) is 0 Å². The highest BCUT2D eigenvalue weighted by molar-refractivity contribution is 6.06. The molecule has 5 nitrogen and oxygen atoms in total. The fourth-order valence-electron chi connectivity index (χ4n) is 2.46. The van der Waals surface area contributed by atoms with Crippen LogP contribution in [0.15, 0.2) is 18.2 Å². The molecule has 1 aromatic heterocycles. The van der Waals surface area contributed by atoms with Crippen molar-refractivity contribution in [3.63, 3.8) is 0 Å². The third-order valence-corrected chi connectivity index (χ3v) is 3.51. The maximum absolute atomic E-state index is 12.5. The number of nitrogens with one attached hydrogen (secondary N) is 1. The number of aryl methyl sites for hydroxylation is 3. The van der Waals surface area contributed by atoms with E-state index in [1.807, 2.05) is 6.92 Å². The monoisotopic (exact) mass is 323 g/mol. The van der Waals surface area contributed by atoms with Gasteiger partial charge in [0.05, 0.1) is 16.9 Å². The number of benzene rings is 1. The number of aromatic nitrogens is 2. The number of hydrogen-bond donors (Lipinski definition) is 1. The molecule has 0 saturated carbocycles. The molecule has 0 spiro atoms. The average Bonchev–Trinajstić information content (AvgIpc) is 2.75. The molecule has 0 unspecified atom stereocenters. The average molecular weight is 323 g/mol. The van der Waals surface area contributed by atoms with E-state index in [0.717, 1.165) is 11.3 Å². The molecule has 0 fully saturated rings. The topological polar surface area (TPSA) is 56.2 Å². The van der Waals surface area contributed by atoms with Crippen molar-refractivity contribution in [2.75, 3.05) is 5.32 Å². The number of carbonyl (C=O) groups excluding carboxylic acids is 1. The number of alkyl halides is 2. The van der Waals surface area contributed by atoms with E-state index < -0.39 is 12.5 Å². The van der Waals surface area contributed by atoms with E-state index in [1.54, 1.807) is 37.6 Å². The fourth-order valence-corrected chi connectivity index (χ4v) is 2.46. The van der Waals surface area contributed by atoms with Crippen LogP contribution in [0.25, 0.3) is 0 Å². The zero-order valence-electron chi connectivity index (χ0n) is 13.5. The molecule has 2 rings (SSSR count). The Morgan fingerprint density at radius 2 is 2.04 bits per heavy atom. The summed E-state index contributed by atoms with van der Waals surface area (Å²) >= 11 is 0. The molecule has 0 aliphatic heterocycles. The maximum atomic E-state index is 12.5. The van der Waals surface area contributed by atoms with E-state index in [1.165, 1.54) is 6.07 Å². The largest absolute Gasteiger partial charge is 0.433 e. The molecule has 1 heterocycles. The van der Waals surface area contributed by atoms with Crippen molar-refractivity contribution < 1.29 is 18.3 Å². The molecular weight excluding hydrogens is 304 g/mol. The first-order valence-electron chi connectivity index (χ1n) is 7.24. The van der Waals surface area contributed by atoms with Crippen LogP contribution in [0.5, 0.6) is 5.75 Å². The van der Waals surface area contributed by atoms with Gasteiger partial charge in [-0.15, -0.1) is 0 Å². The molecule has 124 valence electrons. The van der Waals surface area contributed by atoms with Gasteiger partial charge in [-0.3, -0.25) is 9.48 Å². The van der Waals surface area contributed by atoms with Crippen molar-refractivity contribution in [3.05, 3.63) is 40.7 Å². The van der Waals surface area contributed by atoms with Gasteiger partial charge in [-0.1, -0.05) is 6.07 Å². The zero-order valence-corrected chi connectivity index (χ0v) is 13.5. The molecular formula is C16H19F2N3O2. The first kappa shape index (κ1) is 16.9. The third kappa shape index (κ3) is 3.67. The summed E-state index contributed by atoms with van der Waals surface area (Å²) in [6.45, 7) is 4.94. The van der Waals surface area contributed by atoms with Gasteiger partial charge in [-0.05, 0) is 45.4 Å². The van der Waals surface area contributed by atoms with Crippen molar-refractivity contribution in [3.8, 4) is 5.75 Å². The minimum absolute atomic E-state index is 0.0721. The van der Waals surface area contributed by atoms with Crippen molar-refractivity contribution in [1.82, 2.24) is 9.78 Å². The number of carbonyl (C=O) groups is 1. The maximum Gasteiger partial charge on any atom is 0.387 e. The van der Waals surface area contributed by atoms with Gasteiger partial charge in [-0.2, -0.15) is 13.9 Å². The Kier molecular flexibility index (Phi) is 4.98. The summed E-state index contributed by atoms with van der Waals surface area (Å²) < 4.78 is 31.2. The van der Waals surface area contributed by atoms with Gasteiger partial charge in [0.25, 0.3) is 5.91 Å². The standard InChI is InChI=1S/C16H19F2N3O2/c1-5-21-11(4)14(10(3)20-21)15(22)19-12-8-9(2)6-7-13(12)23-16(17)18/h6-8,16H,5H2,1-4H3,(H,19,22). The van der Waals surface area contributed by atoms with Crippen LogP contribution in [0.1, 0.15) is 34.2 Å². The lowest BCUT2D eigenvalue weighted by molar-refractivity contribution is -0.0493. The van der Waals surface area contributed by atoms with Gasteiger partial charge in [0.2, 0.25) is 0 Å². The fraction of sp³-hybridized carbons (Fsp3) is 0.375.